The van der Waals surface area contributed by atoms with Gasteiger partial charge in [-0.1, -0.05) is 18.2 Å². The first-order valence-corrected chi connectivity index (χ1v) is 7.67. The lowest BCUT2D eigenvalue weighted by molar-refractivity contribution is -0.117. The Bertz CT molecular complexity index is 733. The predicted molar refractivity (Wildman–Crippen MR) is 86.6 cm³/mol. The summed E-state index contributed by atoms with van der Waals surface area (Å²) in [7, 11) is 0. The van der Waals surface area contributed by atoms with Crippen molar-refractivity contribution >= 4 is 17.3 Å². The van der Waals surface area contributed by atoms with E-state index >= 15 is 0 Å². The van der Waals surface area contributed by atoms with Crippen LogP contribution in [0.1, 0.15) is 18.9 Å². The summed E-state index contributed by atoms with van der Waals surface area (Å²) in [5.74, 6) is -1.59. The third kappa shape index (κ3) is 3.18. The lowest BCUT2D eigenvalue weighted by Crippen LogP contribution is -2.44. The third-order valence-electron chi connectivity index (χ3n) is 4.18. The largest absolute Gasteiger partial charge is 0.360 e. The van der Waals surface area contributed by atoms with Crippen LogP contribution in [-0.2, 0) is 11.2 Å². The molecule has 0 fully saturated rings. The molecule has 2 aromatic rings. The molecular weight excluding hydrogens is 298 g/mol. The summed E-state index contributed by atoms with van der Waals surface area (Å²) in [6.07, 6.45) is 1.95. The summed E-state index contributed by atoms with van der Waals surface area (Å²) in [5, 5.41) is 2.48. The first kappa shape index (κ1) is 15.5. The van der Waals surface area contributed by atoms with Gasteiger partial charge in [-0.15, -0.1) is 0 Å². The summed E-state index contributed by atoms with van der Waals surface area (Å²) in [6.45, 7) is 2.53. The minimum Gasteiger partial charge on any atom is -0.360 e. The van der Waals surface area contributed by atoms with Crippen LogP contribution in [0.4, 0.5) is 20.2 Å². The highest BCUT2D eigenvalue weighted by molar-refractivity contribution is 5.97. The quantitative estimate of drug-likeness (QED) is 0.935. The van der Waals surface area contributed by atoms with Crippen LogP contribution in [0.3, 0.4) is 0 Å². The molecule has 3 nitrogen and oxygen atoms in total. The van der Waals surface area contributed by atoms with Crippen molar-refractivity contribution in [3.05, 3.63) is 59.7 Å². The minimum atomic E-state index is -0.647. The van der Waals surface area contributed by atoms with Gasteiger partial charge >= 0.3 is 0 Å². The van der Waals surface area contributed by atoms with E-state index in [9.17, 15) is 13.6 Å². The fourth-order valence-electron chi connectivity index (χ4n) is 2.94. The van der Waals surface area contributed by atoms with E-state index in [0.29, 0.717) is 0 Å². The molecule has 1 atom stereocenters. The second-order valence-electron chi connectivity index (χ2n) is 5.72. The fourth-order valence-corrected chi connectivity index (χ4v) is 2.94. The van der Waals surface area contributed by atoms with Gasteiger partial charge in [-0.05, 0) is 43.5 Å². The molecule has 0 spiro atoms. The Labute approximate surface area is 133 Å². The number of carbonyl (C=O) groups is 1. The number of fused-ring (bicyclic) bond motifs is 1. The van der Waals surface area contributed by atoms with E-state index in [1.165, 1.54) is 5.56 Å². The smallest absolute Gasteiger partial charge is 0.246 e. The molecule has 23 heavy (non-hydrogen) atoms. The Hall–Kier alpha value is -2.43. The maximum atomic E-state index is 13.7. The number of halogens is 2. The van der Waals surface area contributed by atoms with Crippen molar-refractivity contribution in [2.24, 2.45) is 0 Å². The van der Waals surface area contributed by atoms with Crippen LogP contribution in [0, 0.1) is 11.6 Å². The van der Waals surface area contributed by atoms with Gasteiger partial charge in [0, 0.05) is 18.3 Å². The number of para-hydroxylation sites is 1. The van der Waals surface area contributed by atoms with E-state index < -0.39 is 17.7 Å². The molecule has 5 heteroatoms. The van der Waals surface area contributed by atoms with Gasteiger partial charge in [0.25, 0.3) is 0 Å². The van der Waals surface area contributed by atoms with Crippen LogP contribution >= 0.6 is 0 Å². The fraction of sp³-hybridized carbons (Fsp3) is 0.278. The van der Waals surface area contributed by atoms with Gasteiger partial charge in [-0.3, -0.25) is 4.79 Å². The van der Waals surface area contributed by atoms with Crippen molar-refractivity contribution in [1.82, 2.24) is 0 Å². The molecular formula is C18H18F2N2O. The number of nitrogens with one attached hydrogen (secondary N) is 1. The highest BCUT2D eigenvalue weighted by Crippen LogP contribution is 2.28. The zero-order valence-corrected chi connectivity index (χ0v) is 12.9. The second-order valence-corrected chi connectivity index (χ2v) is 5.72. The van der Waals surface area contributed by atoms with Crippen LogP contribution in [0.2, 0.25) is 0 Å². The molecule has 0 saturated carbocycles. The molecule has 3 rings (SSSR count). The van der Waals surface area contributed by atoms with Crippen LogP contribution in [-0.4, -0.2) is 18.5 Å². The van der Waals surface area contributed by atoms with Crippen molar-refractivity contribution in [3.8, 4) is 0 Å². The SMILES string of the molecule is CC(C(=O)Nc1cc(F)ccc1F)N1CCCc2ccccc21. The Balaban J connectivity index is 1.79. The molecule has 2 aromatic carbocycles. The second kappa shape index (κ2) is 6.36. The van der Waals surface area contributed by atoms with Crippen LogP contribution < -0.4 is 10.2 Å². The number of rotatable bonds is 3. The first-order chi connectivity index (χ1) is 11.1. The van der Waals surface area contributed by atoms with E-state index in [1.54, 1.807) is 6.92 Å². The van der Waals surface area contributed by atoms with Crippen molar-refractivity contribution < 1.29 is 13.6 Å². The highest BCUT2D eigenvalue weighted by atomic mass is 19.1. The number of anilines is 2. The highest BCUT2D eigenvalue weighted by Gasteiger charge is 2.26. The van der Waals surface area contributed by atoms with Gasteiger partial charge in [-0.25, -0.2) is 8.78 Å². The first-order valence-electron chi connectivity index (χ1n) is 7.67. The summed E-state index contributed by atoms with van der Waals surface area (Å²) < 4.78 is 26.9. The Morgan fingerprint density at radius 2 is 2.00 bits per heavy atom. The molecule has 0 radical (unpaired) electrons. The van der Waals surface area contributed by atoms with Crippen molar-refractivity contribution in [3.63, 3.8) is 0 Å². The minimum absolute atomic E-state index is 0.132. The molecule has 1 aliphatic rings. The number of benzene rings is 2. The average Bonchev–Trinajstić information content (AvgIpc) is 2.57. The lowest BCUT2D eigenvalue weighted by Gasteiger charge is -2.35. The molecule has 1 amide bonds. The molecule has 1 heterocycles. The molecule has 1 unspecified atom stereocenters. The van der Waals surface area contributed by atoms with E-state index in [-0.39, 0.29) is 11.6 Å². The van der Waals surface area contributed by atoms with Gasteiger partial charge in [0.15, 0.2) is 0 Å². The summed E-state index contributed by atoms with van der Waals surface area (Å²) in [5.41, 5.74) is 2.10. The Morgan fingerprint density at radius 3 is 2.83 bits per heavy atom. The number of nitrogens with zero attached hydrogens (tertiary/aromatic N) is 1. The van der Waals surface area contributed by atoms with E-state index in [1.807, 2.05) is 23.1 Å². The van der Waals surface area contributed by atoms with E-state index in [2.05, 4.69) is 11.4 Å². The van der Waals surface area contributed by atoms with E-state index in [0.717, 1.165) is 43.3 Å². The molecule has 0 bridgehead atoms. The molecule has 0 aromatic heterocycles. The number of hydrogen-bond acceptors (Lipinski definition) is 2. The number of amides is 1. The average molecular weight is 316 g/mol. The molecule has 0 saturated heterocycles. The van der Waals surface area contributed by atoms with E-state index in [4.69, 9.17) is 0 Å². The van der Waals surface area contributed by atoms with Gasteiger partial charge < -0.3 is 10.2 Å². The number of carbonyl (C=O) groups excluding carboxylic acids is 1. The molecule has 0 aliphatic carbocycles. The van der Waals surface area contributed by atoms with Crippen LogP contribution in [0.25, 0.3) is 0 Å². The monoisotopic (exact) mass is 316 g/mol. The van der Waals surface area contributed by atoms with Crippen LogP contribution in [0.15, 0.2) is 42.5 Å². The van der Waals surface area contributed by atoms with Crippen molar-refractivity contribution in [1.29, 1.82) is 0 Å². The topological polar surface area (TPSA) is 32.3 Å². The number of hydrogen-bond donors (Lipinski definition) is 1. The normalized spacial score (nSPS) is 15.0. The maximum Gasteiger partial charge on any atom is 0.246 e. The summed E-state index contributed by atoms with van der Waals surface area (Å²) >= 11 is 0. The Kier molecular flexibility index (Phi) is 4.28. The van der Waals surface area contributed by atoms with Crippen molar-refractivity contribution in [2.45, 2.75) is 25.8 Å². The van der Waals surface area contributed by atoms with Crippen LogP contribution in [0.5, 0.6) is 0 Å². The summed E-state index contributed by atoms with van der Waals surface area (Å²) in [6, 6.07) is 10.5. The van der Waals surface area contributed by atoms with Crippen molar-refractivity contribution in [2.75, 3.05) is 16.8 Å². The molecule has 120 valence electrons. The number of aryl methyl sites for hydroxylation is 1. The van der Waals surface area contributed by atoms with Gasteiger partial charge in [0.05, 0.1) is 5.69 Å². The Morgan fingerprint density at radius 1 is 1.22 bits per heavy atom. The standard InChI is InChI=1S/C18H18F2N2O/c1-12(18(23)21-16-11-14(19)8-9-15(16)20)22-10-4-6-13-5-2-3-7-17(13)22/h2-3,5,7-9,11-12H,4,6,10H2,1H3,(H,21,23). The predicted octanol–water partition coefficient (Wildman–Crippen LogP) is 3.74. The lowest BCUT2D eigenvalue weighted by atomic mass is 10.00. The van der Waals surface area contributed by atoms with Gasteiger partial charge in [0.2, 0.25) is 5.91 Å². The zero-order valence-electron chi connectivity index (χ0n) is 12.9. The molecule has 1 aliphatic heterocycles. The molecule has 1 N–H and O–H groups in total. The summed E-state index contributed by atoms with van der Waals surface area (Å²) in [4.78, 5) is 14.4. The zero-order chi connectivity index (χ0) is 16.4. The maximum absolute atomic E-state index is 13.7. The third-order valence-corrected chi connectivity index (χ3v) is 4.18. The van der Waals surface area contributed by atoms with Gasteiger partial charge in [-0.2, -0.15) is 0 Å². The van der Waals surface area contributed by atoms with Gasteiger partial charge in [0.1, 0.15) is 17.7 Å².